The average molecular weight is 371 g/mol. The standard InChI is InChI=1S/C19H17NO5S/c21-18-14-5-1-2-6-15(14)19(22)17-10-13(7-8-16(17)18)26(23,24)20-11-12-4-3-9-25-12/h1-2,5-8,10,12,20H,3-4,9,11H2. The molecular formula is C19H17NO5S. The van der Waals surface area contributed by atoms with Crippen molar-refractivity contribution in [3.8, 4) is 0 Å². The fourth-order valence-corrected chi connectivity index (χ4v) is 4.43. The summed E-state index contributed by atoms with van der Waals surface area (Å²) in [6, 6.07) is 10.6. The van der Waals surface area contributed by atoms with Crippen molar-refractivity contribution >= 4 is 21.6 Å². The topological polar surface area (TPSA) is 89.5 Å². The van der Waals surface area contributed by atoms with Crippen molar-refractivity contribution in [3.63, 3.8) is 0 Å². The molecular weight excluding hydrogens is 354 g/mol. The number of nitrogens with one attached hydrogen (secondary N) is 1. The van der Waals surface area contributed by atoms with Gasteiger partial charge in [-0.15, -0.1) is 0 Å². The number of ketones is 2. The normalized spacial score (nSPS) is 19.3. The maximum absolute atomic E-state index is 12.7. The van der Waals surface area contributed by atoms with E-state index in [0.29, 0.717) is 17.7 Å². The Kier molecular flexibility index (Phi) is 4.22. The molecule has 6 nitrogen and oxygen atoms in total. The highest BCUT2D eigenvalue weighted by Crippen LogP contribution is 2.29. The number of rotatable bonds is 4. The van der Waals surface area contributed by atoms with Crippen LogP contribution < -0.4 is 4.72 Å². The SMILES string of the molecule is O=C1c2ccccc2C(=O)c2cc(S(=O)(=O)NCC3CCCO3)ccc21. The number of ether oxygens (including phenoxy) is 1. The molecule has 1 atom stereocenters. The summed E-state index contributed by atoms with van der Waals surface area (Å²) < 4.78 is 33.0. The van der Waals surface area contributed by atoms with Crippen LogP contribution in [0.3, 0.4) is 0 Å². The van der Waals surface area contributed by atoms with Gasteiger partial charge in [-0.1, -0.05) is 24.3 Å². The van der Waals surface area contributed by atoms with Gasteiger partial charge in [-0.25, -0.2) is 13.1 Å². The van der Waals surface area contributed by atoms with Crippen LogP contribution in [-0.4, -0.2) is 39.2 Å². The van der Waals surface area contributed by atoms with Gasteiger partial charge in [-0.3, -0.25) is 9.59 Å². The first-order valence-electron chi connectivity index (χ1n) is 8.41. The van der Waals surface area contributed by atoms with Crippen molar-refractivity contribution in [1.29, 1.82) is 0 Å². The molecule has 0 radical (unpaired) electrons. The van der Waals surface area contributed by atoms with E-state index in [1.807, 2.05) is 0 Å². The van der Waals surface area contributed by atoms with E-state index in [9.17, 15) is 18.0 Å². The molecule has 7 heteroatoms. The molecule has 0 spiro atoms. The van der Waals surface area contributed by atoms with E-state index in [1.54, 1.807) is 24.3 Å². The van der Waals surface area contributed by atoms with Gasteiger partial charge in [0.05, 0.1) is 11.0 Å². The van der Waals surface area contributed by atoms with Crippen LogP contribution in [0.25, 0.3) is 0 Å². The Morgan fingerprint density at radius 1 is 0.962 bits per heavy atom. The lowest BCUT2D eigenvalue weighted by Crippen LogP contribution is -2.32. The van der Waals surface area contributed by atoms with Crippen molar-refractivity contribution in [2.45, 2.75) is 23.8 Å². The second-order valence-electron chi connectivity index (χ2n) is 6.40. The quantitative estimate of drug-likeness (QED) is 0.757. The van der Waals surface area contributed by atoms with Crippen LogP contribution in [0.2, 0.25) is 0 Å². The summed E-state index contributed by atoms with van der Waals surface area (Å²) in [5, 5.41) is 0. The molecule has 1 aliphatic carbocycles. The minimum Gasteiger partial charge on any atom is -0.377 e. The van der Waals surface area contributed by atoms with E-state index in [1.165, 1.54) is 18.2 Å². The highest BCUT2D eigenvalue weighted by Gasteiger charge is 2.31. The van der Waals surface area contributed by atoms with Crippen LogP contribution >= 0.6 is 0 Å². The van der Waals surface area contributed by atoms with Gasteiger partial charge in [-0.05, 0) is 31.0 Å². The van der Waals surface area contributed by atoms with Crippen molar-refractivity contribution in [2.75, 3.05) is 13.2 Å². The third-order valence-electron chi connectivity index (χ3n) is 4.73. The molecule has 1 heterocycles. The van der Waals surface area contributed by atoms with E-state index in [4.69, 9.17) is 4.74 Å². The Morgan fingerprint density at radius 3 is 2.27 bits per heavy atom. The summed E-state index contributed by atoms with van der Waals surface area (Å²) in [7, 11) is -3.79. The van der Waals surface area contributed by atoms with E-state index < -0.39 is 10.0 Å². The zero-order valence-corrected chi connectivity index (χ0v) is 14.7. The molecule has 2 aliphatic rings. The van der Waals surface area contributed by atoms with Gasteiger partial charge < -0.3 is 4.74 Å². The maximum atomic E-state index is 12.7. The third kappa shape index (κ3) is 2.88. The first kappa shape index (κ1) is 17.1. The molecule has 1 unspecified atom stereocenters. The number of sulfonamides is 1. The van der Waals surface area contributed by atoms with Crippen molar-refractivity contribution < 1.29 is 22.7 Å². The van der Waals surface area contributed by atoms with Gasteiger partial charge >= 0.3 is 0 Å². The summed E-state index contributed by atoms with van der Waals surface area (Å²) in [5.74, 6) is -0.613. The number of benzene rings is 2. The summed E-state index contributed by atoms with van der Waals surface area (Å²) >= 11 is 0. The van der Waals surface area contributed by atoms with Crippen molar-refractivity contribution in [2.24, 2.45) is 0 Å². The van der Waals surface area contributed by atoms with Crippen LogP contribution in [0.4, 0.5) is 0 Å². The molecule has 0 aromatic heterocycles. The van der Waals surface area contributed by atoms with Crippen molar-refractivity contribution in [3.05, 3.63) is 64.7 Å². The first-order chi connectivity index (χ1) is 12.5. The number of carbonyl (C=O) groups is 2. The van der Waals surface area contributed by atoms with Gasteiger partial charge in [-0.2, -0.15) is 0 Å². The smallest absolute Gasteiger partial charge is 0.240 e. The second kappa shape index (κ2) is 6.42. The molecule has 134 valence electrons. The van der Waals surface area contributed by atoms with Crippen LogP contribution in [0.5, 0.6) is 0 Å². The molecule has 0 amide bonds. The number of hydrogen-bond acceptors (Lipinski definition) is 5. The van der Waals surface area contributed by atoms with Crippen LogP contribution in [-0.2, 0) is 14.8 Å². The highest BCUT2D eigenvalue weighted by molar-refractivity contribution is 7.89. The van der Waals surface area contributed by atoms with Gasteiger partial charge in [0.1, 0.15) is 0 Å². The monoisotopic (exact) mass is 371 g/mol. The molecule has 1 N–H and O–H groups in total. The number of fused-ring (bicyclic) bond motifs is 2. The first-order valence-corrected chi connectivity index (χ1v) is 9.89. The molecule has 0 saturated carbocycles. The summed E-state index contributed by atoms with van der Waals surface area (Å²) in [6.45, 7) is 0.830. The van der Waals surface area contributed by atoms with Gasteiger partial charge in [0.15, 0.2) is 11.6 Å². The fourth-order valence-electron chi connectivity index (χ4n) is 3.34. The summed E-state index contributed by atoms with van der Waals surface area (Å²) in [6.07, 6.45) is 1.61. The minimum absolute atomic E-state index is 0.0326. The van der Waals surface area contributed by atoms with Crippen LogP contribution in [0, 0.1) is 0 Å². The largest absolute Gasteiger partial charge is 0.377 e. The zero-order valence-electron chi connectivity index (χ0n) is 13.9. The molecule has 0 bridgehead atoms. The number of carbonyl (C=O) groups excluding carboxylic acids is 2. The minimum atomic E-state index is -3.79. The molecule has 4 rings (SSSR count). The predicted molar refractivity (Wildman–Crippen MR) is 93.9 cm³/mol. The Hall–Kier alpha value is -2.35. The zero-order chi connectivity index (χ0) is 18.3. The molecule has 26 heavy (non-hydrogen) atoms. The predicted octanol–water partition coefficient (Wildman–Crippen LogP) is 1.92. The van der Waals surface area contributed by atoms with E-state index in [0.717, 1.165) is 12.8 Å². The Balaban J connectivity index is 1.66. The Labute approximate surface area is 151 Å². The molecule has 1 saturated heterocycles. The number of hydrogen-bond donors (Lipinski definition) is 1. The fraction of sp³-hybridized carbons (Fsp3) is 0.263. The van der Waals surface area contributed by atoms with Gasteiger partial charge in [0.25, 0.3) is 0 Å². The Bertz CT molecular complexity index is 1010. The summed E-state index contributed by atoms with van der Waals surface area (Å²) in [5.41, 5.74) is 0.990. The molecule has 2 aromatic carbocycles. The molecule has 1 aliphatic heterocycles. The van der Waals surface area contributed by atoms with E-state index in [-0.39, 0.29) is 40.2 Å². The van der Waals surface area contributed by atoms with Crippen molar-refractivity contribution in [1.82, 2.24) is 4.72 Å². The lowest BCUT2D eigenvalue weighted by molar-refractivity contribution is 0.0979. The highest BCUT2D eigenvalue weighted by atomic mass is 32.2. The lowest BCUT2D eigenvalue weighted by Gasteiger charge is -2.18. The molecule has 2 aromatic rings. The maximum Gasteiger partial charge on any atom is 0.240 e. The van der Waals surface area contributed by atoms with Gasteiger partial charge in [0.2, 0.25) is 10.0 Å². The van der Waals surface area contributed by atoms with E-state index in [2.05, 4.69) is 4.72 Å². The average Bonchev–Trinajstić information content (AvgIpc) is 3.18. The van der Waals surface area contributed by atoms with Crippen LogP contribution in [0.15, 0.2) is 47.4 Å². The van der Waals surface area contributed by atoms with Crippen LogP contribution in [0.1, 0.15) is 44.7 Å². The second-order valence-corrected chi connectivity index (χ2v) is 8.17. The molecule has 1 fully saturated rings. The Morgan fingerprint density at radius 2 is 1.62 bits per heavy atom. The van der Waals surface area contributed by atoms with Gasteiger partial charge in [0, 0.05) is 35.4 Å². The van der Waals surface area contributed by atoms with E-state index >= 15 is 0 Å². The third-order valence-corrected chi connectivity index (χ3v) is 6.15. The lowest BCUT2D eigenvalue weighted by atomic mass is 9.84. The summed E-state index contributed by atoms with van der Waals surface area (Å²) in [4.78, 5) is 25.3.